The smallest absolute Gasteiger partial charge is 0.144 e. The van der Waals surface area contributed by atoms with E-state index in [0.29, 0.717) is 17.4 Å². The molecule has 1 aromatic rings. The molecule has 0 saturated heterocycles. The largest absolute Gasteiger partial charge is 0.368 e. The van der Waals surface area contributed by atoms with Gasteiger partial charge in [0.25, 0.3) is 0 Å². The van der Waals surface area contributed by atoms with E-state index in [1.165, 1.54) is 38.5 Å². The summed E-state index contributed by atoms with van der Waals surface area (Å²) in [6, 6.07) is 4.61. The van der Waals surface area contributed by atoms with Crippen LogP contribution in [0, 0.1) is 11.3 Å². The monoisotopic (exact) mass is 336 g/mol. The summed E-state index contributed by atoms with van der Waals surface area (Å²) in [7, 11) is 0. The van der Waals surface area contributed by atoms with Crippen LogP contribution in [-0.2, 0) is 0 Å². The quantitative estimate of drug-likeness (QED) is 0.638. The van der Waals surface area contributed by atoms with Crippen molar-refractivity contribution in [1.82, 2.24) is 10.3 Å². The fraction of sp³-hybridized carbons (Fsp3) is 0.600. The summed E-state index contributed by atoms with van der Waals surface area (Å²) in [5, 5.41) is 15.9. The fourth-order valence-corrected chi connectivity index (χ4v) is 2.94. The minimum absolute atomic E-state index is 0.578. The first kappa shape index (κ1) is 15.3. The van der Waals surface area contributed by atoms with Crippen LogP contribution in [0.25, 0.3) is 0 Å². The van der Waals surface area contributed by atoms with Gasteiger partial charge in [-0.05, 0) is 34.8 Å². The first-order valence-electron chi connectivity index (χ1n) is 7.32. The molecule has 0 atom stereocenters. The number of halogens is 1. The molecule has 20 heavy (non-hydrogen) atoms. The van der Waals surface area contributed by atoms with Crippen molar-refractivity contribution in [1.29, 1.82) is 5.26 Å². The van der Waals surface area contributed by atoms with Crippen molar-refractivity contribution in [2.75, 3.05) is 18.4 Å². The Hall–Kier alpha value is -1.12. The molecule has 0 aromatic carbocycles. The first-order chi connectivity index (χ1) is 9.79. The van der Waals surface area contributed by atoms with Gasteiger partial charge in [0.2, 0.25) is 0 Å². The molecule has 1 heterocycles. The Morgan fingerprint density at radius 1 is 1.25 bits per heavy atom. The second-order valence-electron chi connectivity index (χ2n) is 5.23. The van der Waals surface area contributed by atoms with Crippen LogP contribution in [0.2, 0.25) is 0 Å². The molecule has 2 rings (SSSR count). The Kier molecular flexibility index (Phi) is 6.28. The van der Waals surface area contributed by atoms with Crippen molar-refractivity contribution in [3.63, 3.8) is 0 Å². The lowest BCUT2D eigenvalue weighted by Crippen LogP contribution is -2.32. The van der Waals surface area contributed by atoms with Crippen LogP contribution >= 0.6 is 15.9 Å². The molecule has 5 heteroatoms. The molecule has 1 aliphatic carbocycles. The molecule has 1 aromatic heterocycles. The molecule has 0 radical (unpaired) electrons. The zero-order valence-electron chi connectivity index (χ0n) is 11.7. The number of nitrogens with one attached hydrogen (secondary N) is 2. The highest BCUT2D eigenvalue weighted by Gasteiger charge is 2.11. The Morgan fingerprint density at radius 2 is 2.00 bits per heavy atom. The summed E-state index contributed by atoms with van der Waals surface area (Å²) in [6.07, 6.45) is 9.74. The maximum Gasteiger partial charge on any atom is 0.144 e. The average molecular weight is 337 g/mol. The standard InChI is InChI=1S/C15H21BrN4/c16-13-9-12(10-17)15(20-11-13)19-8-7-18-14-5-3-1-2-4-6-14/h9,11,14,18H,1-8H2,(H,19,20). The van der Waals surface area contributed by atoms with Gasteiger partial charge < -0.3 is 10.6 Å². The van der Waals surface area contributed by atoms with E-state index in [-0.39, 0.29) is 0 Å². The van der Waals surface area contributed by atoms with E-state index in [4.69, 9.17) is 5.26 Å². The minimum Gasteiger partial charge on any atom is -0.368 e. The van der Waals surface area contributed by atoms with Crippen molar-refractivity contribution in [2.24, 2.45) is 0 Å². The van der Waals surface area contributed by atoms with Gasteiger partial charge in [-0.15, -0.1) is 0 Å². The van der Waals surface area contributed by atoms with E-state index in [9.17, 15) is 0 Å². The number of hydrogen-bond acceptors (Lipinski definition) is 4. The summed E-state index contributed by atoms with van der Waals surface area (Å²) in [6.45, 7) is 1.70. The highest BCUT2D eigenvalue weighted by atomic mass is 79.9. The number of rotatable bonds is 5. The van der Waals surface area contributed by atoms with Crippen molar-refractivity contribution in [3.05, 3.63) is 22.3 Å². The number of nitrogens with zero attached hydrogens (tertiary/aromatic N) is 2. The normalized spacial score (nSPS) is 16.4. The minimum atomic E-state index is 0.578. The van der Waals surface area contributed by atoms with Crippen LogP contribution in [0.4, 0.5) is 5.82 Å². The third-order valence-electron chi connectivity index (χ3n) is 3.68. The summed E-state index contributed by atoms with van der Waals surface area (Å²) < 4.78 is 0.830. The maximum atomic E-state index is 9.07. The predicted octanol–water partition coefficient (Wildman–Crippen LogP) is 3.44. The molecular formula is C15H21BrN4. The maximum absolute atomic E-state index is 9.07. The van der Waals surface area contributed by atoms with Gasteiger partial charge in [-0.2, -0.15) is 5.26 Å². The molecule has 108 valence electrons. The van der Waals surface area contributed by atoms with Crippen LogP contribution in [-0.4, -0.2) is 24.1 Å². The topological polar surface area (TPSA) is 60.7 Å². The number of pyridine rings is 1. The molecule has 0 bridgehead atoms. The van der Waals surface area contributed by atoms with Crippen LogP contribution < -0.4 is 10.6 Å². The van der Waals surface area contributed by atoms with Gasteiger partial charge in [0.15, 0.2) is 0 Å². The van der Waals surface area contributed by atoms with Crippen LogP contribution in [0.3, 0.4) is 0 Å². The highest BCUT2D eigenvalue weighted by molar-refractivity contribution is 9.10. The molecule has 4 nitrogen and oxygen atoms in total. The number of hydrogen-bond donors (Lipinski definition) is 2. The molecule has 0 amide bonds. The molecule has 0 spiro atoms. The summed E-state index contributed by atoms with van der Waals surface area (Å²) in [4.78, 5) is 4.24. The van der Waals surface area contributed by atoms with Gasteiger partial charge in [-0.1, -0.05) is 25.7 Å². The molecule has 1 fully saturated rings. The van der Waals surface area contributed by atoms with Gasteiger partial charge in [0.05, 0.1) is 5.56 Å². The summed E-state index contributed by atoms with van der Waals surface area (Å²) >= 11 is 3.32. The van der Waals surface area contributed by atoms with E-state index < -0.39 is 0 Å². The first-order valence-corrected chi connectivity index (χ1v) is 8.12. The second kappa shape index (κ2) is 8.23. The lowest BCUT2D eigenvalue weighted by molar-refractivity contribution is 0.468. The zero-order chi connectivity index (χ0) is 14.2. The predicted molar refractivity (Wildman–Crippen MR) is 84.6 cm³/mol. The Labute approximate surface area is 129 Å². The molecule has 2 N–H and O–H groups in total. The Morgan fingerprint density at radius 3 is 2.70 bits per heavy atom. The van der Waals surface area contributed by atoms with E-state index in [1.807, 2.05) is 0 Å². The van der Waals surface area contributed by atoms with Crippen LogP contribution in [0.15, 0.2) is 16.7 Å². The third-order valence-corrected chi connectivity index (χ3v) is 4.11. The van der Waals surface area contributed by atoms with Gasteiger partial charge in [-0.25, -0.2) is 4.98 Å². The van der Waals surface area contributed by atoms with Gasteiger partial charge in [0, 0.05) is 29.8 Å². The highest BCUT2D eigenvalue weighted by Crippen LogP contribution is 2.18. The number of aromatic nitrogens is 1. The third kappa shape index (κ3) is 4.77. The molecule has 1 saturated carbocycles. The van der Waals surface area contributed by atoms with Crippen molar-refractivity contribution < 1.29 is 0 Å². The Balaban J connectivity index is 1.74. The van der Waals surface area contributed by atoms with Crippen LogP contribution in [0.5, 0.6) is 0 Å². The SMILES string of the molecule is N#Cc1cc(Br)cnc1NCCNC1CCCCCC1. The van der Waals surface area contributed by atoms with E-state index in [0.717, 1.165) is 17.6 Å². The number of anilines is 1. The van der Waals surface area contributed by atoms with E-state index in [1.54, 1.807) is 12.3 Å². The molecule has 0 unspecified atom stereocenters. The van der Waals surface area contributed by atoms with E-state index >= 15 is 0 Å². The van der Waals surface area contributed by atoms with Crippen molar-refractivity contribution in [3.8, 4) is 6.07 Å². The molecule has 0 aliphatic heterocycles. The van der Waals surface area contributed by atoms with Crippen molar-refractivity contribution in [2.45, 2.75) is 44.6 Å². The summed E-state index contributed by atoms with van der Waals surface area (Å²) in [5.74, 6) is 0.665. The average Bonchev–Trinajstić information content (AvgIpc) is 2.73. The van der Waals surface area contributed by atoms with Crippen molar-refractivity contribution >= 4 is 21.7 Å². The lowest BCUT2D eigenvalue weighted by Gasteiger charge is -2.16. The molecule has 1 aliphatic rings. The fourth-order valence-electron chi connectivity index (χ4n) is 2.61. The zero-order valence-corrected chi connectivity index (χ0v) is 13.2. The Bertz CT molecular complexity index is 461. The lowest BCUT2D eigenvalue weighted by atomic mass is 10.1. The van der Waals surface area contributed by atoms with Gasteiger partial charge >= 0.3 is 0 Å². The van der Waals surface area contributed by atoms with Gasteiger partial charge in [0.1, 0.15) is 11.9 Å². The second-order valence-corrected chi connectivity index (χ2v) is 6.15. The number of nitriles is 1. The van der Waals surface area contributed by atoms with Gasteiger partial charge in [-0.3, -0.25) is 0 Å². The molecular weight excluding hydrogens is 316 g/mol. The summed E-state index contributed by atoms with van der Waals surface area (Å²) in [5.41, 5.74) is 0.578. The van der Waals surface area contributed by atoms with E-state index in [2.05, 4.69) is 37.6 Å². The van der Waals surface area contributed by atoms with Crippen LogP contribution in [0.1, 0.15) is 44.1 Å².